The van der Waals surface area contributed by atoms with E-state index in [2.05, 4.69) is 12.1 Å². The Kier molecular flexibility index (Phi) is 3.56. The summed E-state index contributed by atoms with van der Waals surface area (Å²) < 4.78 is 5.33. The molecular formula is C18H16ClNO. The van der Waals surface area contributed by atoms with Gasteiger partial charge in [0.15, 0.2) is 0 Å². The Bertz CT molecular complexity index is 813. The molecule has 0 spiro atoms. The summed E-state index contributed by atoms with van der Waals surface area (Å²) in [6.45, 7) is 4.03. The van der Waals surface area contributed by atoms with Gasteiger partial charge in [0.2, 0.25) is 0 Å². The van der Waals surface area contributed by atoms with Gasteiger partial charge in [-0.25, -0.2) is 4.98 Å². The Labute approximate surface area is 129 Å². The van der Waals surface area contributed by atoms with E-state index in [-0.39, 0.29) is 0 Å². The van der Waals surface area contributed by atoms with Gasteiger partial charge < -0.3 is 4.74 Å². The molecule has 106 valence electrons. The summed E-state index contributed by atoms with van der Waals surface area (Å²) in [5.74, 6) is 0.801. The summed E-state index contributed by atoms with van der Waals surface area (Å²) in [7, 11) is 1.66. The lowest BCUT2D eigenvalue weighted by atomic mass is 10.0. The zero-order valence-electron chi connectivity index (χ0n) is 12.3. The summed E-state index contributed by atoms with van der Waals surface area (Å²) in [4.78, 5) is 4.84. The number of halogens is 1. The Morgan fingerprint density at radius 1 is 1.05 bits per heavy atom. The molecule has 0 aliphatic heterocycles. The second-order valence-corrected chi connectivity index (χ2v) is 5.48. The van der Waals surface area contributed by atoms with Crippen LogP contribution >= 0.6 is 11.6 Å². The maximum Gasteiger partial charge on any atom is 0.119 e. The van der Waals surface area contributed by atoms with Crippen molar-refractivity contribution in [2.75, 3.05) is 7.11 Å². The maximum absolute atomic E-state index is 6.59. The molecule has 1 aromatic heterocycles. The molecule has 0 amide bonds. The molecule has 0 saturated carbocycles. The number of hydrogen-bond donors (Lipinski definition) is 0. The Balaban J connectivity index is 2.35. The average molecular weight is 298 g/mol. The number of ether oxygens (including phenoxy) is 1. The van der Waals surface area contributed by atoms with Crippen molar-refractivity contribution in [1.29, 1.82) is 0 Å². The number of aromatic nitrogens is 1. The summed E-state index contributed by atoms with van der Waals surface area (Å²) >= 11 is 6.59. The van der Waals surface area contributed by atoms with Crippen LogP contribution in [0.1, 0.15) is 11.1 Å². The number of hydrogen-bond acceptors (Lipinski definition) is 2. The lowest BCUT2D eigenvalue weighted by Gasteiger charge is -2.13. The summed E-state index contributed by atoms with van der Waals surface area (Å²) in [5, 5.41) is 1.67. The number of aryl methyl sites for hydroxylation is 1. The van der Waals surface area contributed by atoms with E-state index >= 15 is 0 Å². The fraction of sp³-hybridized carbons (Fsp3) is 0.167. The van der Waals surface area contributed by atoms with Gasteiger partial charge in [0.1, 0.15) is 5.75 Å². The van der Waals surface area contributed by atoms with Crippen LogP contribution < -0.4 is 4.74 Å². The normalized spacial score (nSPS) is 10.9. The lowest BCUT2D eigenvalue weighted by molar-refractivity contribution is 0.415. The van der Waals surface area contributed by atoms with E-state index in [9.17, 15) is 0 Å². The van der Waals surface area contributed by atoms with E-state index < -0.39 is 0 Å². The van der Waals surface area contributed by atoms with E-state index in [4.69, 9.17) is 21.3 Å². The first kappa shape index (κ1) is 13.9. The lowest BCUT2D eigenvalue weighted by Crippen LogP contribution is -1.95. The van der Waals surface area contributed by atoms with Crippen molar-refractivity contribution in [2.24, 2.45) is 0 Å². The molecule has 0 atom stereocenters. The highest BCUT2D eigenvalue weighted by Gasteiger charge is 2.14. The van der Waals surface area contributed by atoms with Crippen molar-refractivity contribution >= 4 is 22.5 Å². The Morgan fingerprint density at radius 2 is 1.76 bits per heavy atom. The SMILES string of the molecule is COc1cc(C)c2nc(-c3ccccc3)c(C)c(Cl)c2c1. The van der Waals surface area contributed by atoms with Crippen molar-refractivity contribution in [3.63, 3.8) is 0 Å². The molecule has 2 nitrogen and oxygen atoms in total. The highest BCUT2D eigenvalue weighted by Crippen LogP contribution is 2.35. The first-order valence-corrected chi connectivity index (χ1v) is 7.19. The number of benzene rings is 2. The number of fused-ring (bicyclic) bond motifs is 1. The molecule has 0 aliphatic rings. The molecule has 3 aromatic rings. The third-order valence-corrected chi connectivity index (χ3v) is 4.19. The summed E-state index contributed by atoms with van der Waals surface area (Å²) in [6, 6.07) is 14.0. The molecule has 0 N–H and O–H groups in total. The molecule has 3 rings (SSSR count). The van der Waals surface area contributed by atoms with Crippen LogP contribution in [-0.2, 0) is 0 Å². The van der Waals surface area contributed by atoms with Crippen LogP contribution in [0.5, 0.6) is 5.75 Å². The van der Waals surface area contributed by atoms with Crippen LogP contribution in [0.2, 0.25) is 5.02 Å². The van der Waals surface area contributed by atoms with Gasteiger partial charge in [-0.2, -0.15) is 0 Å². The van der Waals surface area contributed by atoms with Crippen molar-refractivity contribution in [1.82, 2.24) is 4.98 Å². The topological polar surface area (TPSA) is 22.1 Å². The van der Waals surface area contributed by atoms with Gasteiger partial charge in [-0.05, 0) is 37.1 Å². The molecule has 3 heteroatoms. The van der Waals surface area contributed by atoms with E-state index in [1.807, 2.05) is 44.2 Å². The van der Waals surface area contributed by atoms with Crippen LogP contribution in [0.25, 0.3) is 22.2 Å². The van der Waals surface area contributed by atoms with Crippen molar-refractivity contribution in [2.45, 2.75) is 13.8 Å². The largest absolute Gasteiger partial charge is 0.497 e. The predicted molar refractivity (Wildman–Crippen MR) is 88.2 cm³/mol. The molecule has 21 heavy (non-hydrogen) atoms. The molecule has 0 bridgehead atoms. The second kappa shape index (κ2) is 5.38. The first-order valence-electron chi connectivity index (χ1n) is 6.81. The monoisotopic (exact) mass is 297 g/mol. The quantitative estimate of drug-likeness (QED) is 0.650. The third-order valence-electron chi connectivity index (χ3n) is 3.70. The van der Waals surface area contributed by atoms with E-state index in [1.54, 1.807) is 7.11 Å². The van der Waals surface area contributed by atoms with Gasteiger partial charge in [-0.15, -0.1) is 0 Å². The van der Waals surface area contributed by atoms with Crippen LogP contribution in [-0.4, -0.2) is 12.1 Å². The highest BCUT2D eigenvalue weighted by atomic mass is 35.5. The van der Waals surface area contributed by atoms with Gasteiger partial charge >= 0.3 is 0 Å². The molecule has 1 heterocycles. The number of rotatable bonds is 2. The van der Waals surface area contributed by atoms with E-state index in [0.717, 1.165) is 44.1 Å². The Morgan fingerprint density at radius 3 is 2.43 bits per heavy atom. The number of nitrogens with zero attached hydrogens (tertiary/aromatic N) is 1. The first-order chi connectivity index (χ1) is 10.1. The maximum atomic E-state index is 6.59. The minimum atomic E-state index is 0.737. The van der Waals surface area contributed by atoms with Gasteiger partial charge in [0.25, 0.3) is 0 Å². The zero-order valence-corrected chi connectivity index (χ0v) is 13.0. The zero-order chi connectivity index (χ0) is 15.0. The van der Waals surface area contributed by atoms with Gasteiger partial charge in [0, 0.05) is 10.9 Å². The van der Waals surface area contributed by atoms with Crippen LogP contribution in [0, 0.1) is 13.8 Å². The van der Waals surface area contributed by atoms with Gasteiger partial charge in [0.05, 0.1) is 23.3 Å². The van der Waals surface area contributed by atoms with Crippen molar-refractivity contribution in [3.05, 3.63) is 58.6 Å². The minimum absolute atomic E-state index is 0.737. The van der Waals surface area contributed by atoms with Crippen molar-refractivity contribution in [3.8, 4) is 17.0 Å². The number of pyridine rings is 1. The van der Waals surface area contributed by atoms with Crippen LogP contribution in [0.4, 0.5) is 0 Å². The summed E-state index contributed by atoms with van der Waals surface area (Å²) in [6.07, 6.45) is 0. The molecule has 0 unspecified atom stereocenters. The van der Waals surface area contributed by atoms with Gasteiger partial charge in [-0.3, -0.25) is 0 Å². The fourth-order valence-corrected chi connectivity index (χ4v) is 2.79. The molecule has 0 saturated heterocycles. The average Bonchev–Trinajstić information content (AvgIpc) is 2.51. The van der Waals surface area contributed by atoms with Crippen LogP contribution in [0.3, 0.4) is 0 Å². The standard InChI is InChI=1S/C18H16ClNO/c1-11-9-14(21-3)10-15-16(19)12(2)18(20-17(11)15)13-7-5-4-6-8-13/h4-10H,1-3H3. The van der Waals surface area contributed by atoms with E-state index in [1.165, 1.54) is 0 Å². The molecule has 0 radical (unpaired) electrons. The third kappa shape index (κ3) is 2.36. The number of methoxy groups -OCH3 is 1. The molecule has 0 aliphatic carbocycles. The van der Waals surface area contributed by atoms with Crippen molar-refractivity contribution < 1.29 is 4.74 Å². The van der Waals surface area contributed by atoms with E-state index in [0.29, 0.717) is 0 Å². The fourth-order valence-electron chi connectivity index (χ4n) is 2.56. The molecule has 2 aromatic carbocycles. The second-order valence-electron chi connectivity index (χ2n) is 5.11. The van der Waals surface area contributed by atoms with Crippen LogP contribution in [0.15, 0.2) is 42.5 Å². The smallest absolute Gasteiger partial charge is 0.119 e. The molecular weight excluding hydrogens is 282 g/mol. The minimum Gasteiger partial charge on any atom is -0.497 e. The highest BCUT2D eigenvalue weighted by molar-refractivity contribution is 6.36. The van der Waals surface area contributed by atoms with Gasteiger partial charge in [-0.1, -0.05) is 41.9 Å². The predicted octanol–water partition coefficient (Wildman–Crippen LogP) is 5.18. The summed E-state index contributed by atoms with van der Waals surface area (Å²) in [5.41, 5.74) is 4.98. The molecule has 0 fully saturated rings. The Hall–Kier alpha value is -2.06.